The summed E-state index contributed by atoms with van der Waals surface area (Å²) in [6.45, 7) is 9.67. The molecule has 0 saturated carbocycles. The maximum atomic E-state index is 13.5. The van der Waals surface area contributed by atoms with Gasteiger partial charge in [0.2, 0.25) is 9.84 Å². The summed E-state index contributed by atoms with van der Waals surface area (Å²) in [5.74, 6) is -1.52. The van der Waals surface area contributed by atoms with Gasteiger partial charge in [-0.15, -0.1) is 0 Å². The zero-order valence-corrected chi connectivity index (χ0v) is 32.9. The number of esters is 2. The molecule has 0 heterocycles. The first-order chi connectivity index (χ1) is 28.2. The van der Waals surface area contributed by atoms with Crippen molar-refractivity contribution in [2.45, 2.75) is 36.5 Å². The second-order valence-electron chi connectivity index (χ2n) is 12.5. The van der Waals surface area contributed by atoms with Crippen molar-refractivity contribution in [3.05, 3.63) is 145 Å². The highest BCUT2D eigenvalue weighted by Gasteiger charge is 2.20. The summed E-state index contributed by atoms with van der Waals surface area (Å²) in [5.41, 5.74) is 1.02. The van der Waals surface area contributed by atoms with Crippen molar-refractivity contribution in [1.29, 1.82) is 0 Å². The van der Waals surface area contributed by atoms with Crippen molar-refractivity contribution >= 4 is 57.5 Å². The molecule has 0 bridgehead atoms. The van der Waals surface area contributed by atoms with E-state index >= 15 is 0 Å². The van der Waals surface area contributed by atoms with Crippen LogP contribution in [-0.4, -0.2) is 58.0 Å². The summed E-state index contributed by atoms with van der Waals surface area (Å²) in [5, 5.41) is 5.37. The molecule has 0 aromatic heterocycles. The fraction of sp³-hybridized carbons (Fsp3) is 0.136. The van der Waals surface area contributed by atoms with Crippen LogP contribution in [0.2, 0.25) is 0 Å². The van der Waals surface area contributed by atoms with E-state index in [1.807, 2.05) is 0 Å². The summed E-state index contributed by atoms with van der Waals surface area (Å²) in [6.07, 6.45) is 2.97. The molecule has 0 aliphatic carbocycles. The SMILES string of the molecule is C=C(C)C(=O)OCCC(=CC=O)C(=O)Nc1ccccc1Oc1ccc(S(=O)(=O)c2ccc(Oc3ccccc3NC(=O)C(=CC=O)CCOC(=O)C(=C)C)cc2)cc1. The summed E-state index contributed by atoms with van der Waals surface area (Å²) >= 11 is 0. The molecule has 0 aliphatic rings. The van der Waals surface area contributed by atoms with Crippen molar-refractivity contribution in [2.24, 2.45) is 0 Å². The molecule has 0 saturated heterocycles. The number of carbonyl (C=O) groups excluding carboxylic acids is 6. The van der Waals surface area contributed by atoms with E-state index in [0.717, 1.165) is 12.2 Å². The molecule has 0 fully saturated rings. The Morgan fingerprint density at radius 2 is 0.932 bits per heavy atom. The molecule has 4 aromatic carbocycles. The molecule has 4 aromatic rings. The number of sulfone groups is 1. The highest BCUT2D eigenvalue weighted by atomic mass is 32.2. The van der Waals surface area contributed by atoms with Gasteiger partial charge in [0.05, 0.1) is 34.4 Å². The quantitative estimate of drug-likeness (QED) is 0.0515. The first-order valence-corrected chi connectivity index (χ1v) is 19.3. The number of hydrogen-bond donors (Lipinski definition) is 2. The van der Waals surface area contributed by atoms with Gasteiger partial charge in [-0.1, -0.05) is 37.4 Å². The summed E-state index contributed by atoms with van der Waals surface area (Å²) in [7, 11) is -4.00. The number of carbonyl (C=O) groups is 6. The van der Waals surface area contributed by atoms with Crippen LogP contribution < -0.4 is 20.1 Å². The van der Waals surface area contributed by atoms with Gasteiger partial charge in [-0.3, -0.25) is 19.2 Å². The maximum absolute atomic E-state index is 13.5. The van der Waals surface area contributed by atoms with Gasteiger partial charge in [0.15, 0.2) is 11.5 Å². The third kappa shape index (κ3) is 12.8. The molecule has 2 N–H and O–H groups in total. The summed E-state index contributed by atoms with van der Waals surface area (Å²) in [4.78, 5) is 71.7. The van der Waals surface area contributed by atoms with Gasteiger partial charge in [0.25, 0.3) is 11.8 Å². The van der Waals surface area contributed by atoms with E-state index in [1.54, 1.807) is 48.5 Å². The van der Waals surface area contributed by atoms with Crippen LogP contribution >= 0.6 is 0 Å². The molecule has 2 amide bonds. The smallest absolute Gasteiger partial charge is 0.333 e. The Labute approximate surface area is 340 Å². The van der Waals surface area contributed by atoms with Crippen molar-refractivity contribution in [1.82, 2.24) is 0 Å². The Morgan fingerprint density at radius 1 is 0.576 bits per heavy atom. The largest absolute Gasteiger partial charge is 0.462 e. The zero-order valence-electron chi connectivity index (χ0n) is 32.1. The number of nitrogens with one attached hydrogen (secondary N) is 2. The standard InChI is InChI=1S/C44H40N2O12S/c1-29(2)43(51)55-27-23-31(21-25-47)41(49)45-37-9-5-7-11-39(37)57-33-13-17-35(18-14-33)59(53,54)36-19-15-34(16-20-36)58-40-12-8-6-10-38(40)46-42(50)32(22-26-48)24-28-56-44(52)30(3)4/h5-22,25-26H,1,3,23-24,27-28H2,2,4H3,(H,45,49)(H,46,50). The molecule has 4 rings (SSSR count). The number of aldehydes is 2. The van der Waals surface area contributed by atoms with Crippen LogP contribution in [0.5, 0.6) is 23.0 Å². The minimum absolute atomic E-state index is 0.0299. The average Bonchev–Trinajstić information content (AvgIpc) is 3.21. The van der Waals surface area contributed by atoms with E-state index in [9.17, 15) is 37.2 Å². The zero-order chi connectivity index (χ0) is 43.0. The van der Waals surface area contributed by atoms with E-state index in [1.165, 1.54) is 62.4 Å². The van der Waals surface area contributed by atoms with E-state index in [2.05, 4.69) is 23.8 Å². The number of rotatable bonds is 20. The van der Waals surface area contributed by atoms with E-state index in [4.69, 9.17) is 18.9 Å². The number of para-hydroxylation sites is 4. The second-order valence-corrected chi connectivity index (χ2v) is 14.5. The van der Waals surface area contributed by atoms with E-state index < -0.39 is 33.6 Å². The lowest BCUT2D eigenvalue weighted by atomic mass is 10.1. The number of amides is 2. The Balaban J connectivity index is 1.41. The molecule has 15 heteroatoms. The number of benzene rings is 4. The first-order valence-electron chi connectivity index (χ1n) is 17.8. The fourth-order valence-electron chi connectivity index (χ4n) is 4.95. The van der Waals surface area contributed by atoms with Gasteiger partial charge in [0, 0.05) is 35.1 Å². The Kier molecular flexibility index (Phi) is 15.9. The molecule has 0 radical (unpaired) electrons. The van der Waals surface area contributed by atoms with Gasteiger partial charge in [0.1, 0.15) is 24.1 Å². The van der Waals surface area contributed by atoms with E-state index in [0.29, 0.717) is 12.6 Å². The first kappa shape index (κ1) is 44.3. The summed E-state index contributed by atoms with van der Waals surface area (Å²) < 4.78 is 49.1. The van der Waals surface area contributed by atoms with Gasteiger partial charge >= 0.3 is 11.9 Å². The Bertz CT molecular complexity index is 2250. The van der Waals surface area contributed by atoms with Crippen LogP contribution in [0.3, 0.4) is 0 Å². The predicted octanol–water partition coefficient (Wildman–Crippen LogP) is 7.25. The van der Waals surface area contributed by atoms with E-state index in [-0.39, 0.29) is 92.5 Å². The number of ether oxygens (including phenoxy) is 4. The monoisotopic (exact) mass is 820 g/mol. The van der Waals surface area contributed by atoms with Crippen LogP contribution in [-0.2, 0) is 48.1 Å². The third-order valence-electron chi connectivity index (χ3n) is 8.02. The van der Waals surface area contributed by atoms with Crippen molar-refractivity contribution < 1.29 is 56.1 Å². The second kappa shape index (κ2) is 21.2. The van der Waals surface area contributed by atoms with Crippen molar-refractivity contribution in [3.8, 4) is 23.0 Å². The predicted molar refractivity (Wildman–Crippen MR) is 218 cm³/mol. The Morgan fingerprint density at radius 3 is 1.27 bits per heavy atom. The molecule has 304 valence electrons. The highest BCUT2D eigenvalue weighted by Crippen LogP contribution is 2.33. The molecular weight excluding hydrogens is 781 g/mol. The molecule has 14 nitrogen and oxygen atoms in total. The summed E-state index contributed by atoms with van der Waals surface area (Å²) in [6, 6.07) is 24.2. The lowest BCUT2D eigenvalue weighted by Gasteiger charge is -2.14. The Hall–Kier alpha value is -7.39. The number of anilines is 2. The molecule has 0 atom stereocenters. The average molecular weight is 821 g/mol. The van der Waals surface area contributed by atoms with Gasteiger partial charge < -0.3 is 29.6 Å². The molecular formula is C44H40N2O12S. The lowest BCUT2D eigenvalue weighted by molar-refractivity contribution is -0.139. The van der Waals surface area contributed by atoms with Crippen LogP contribution in [0.15, 0.2) is 154 Å². The normalized spacial score (nSPS) is 11.4. The fourth-order valence-corrected chi connectivity index (χ4v) is 6.21. The lowest BCUT2D eigenvalue weighted by Crippen LogP contribution is -2.17. The minimum atomic E-state index is -4.00. The van der Waals surface area contributed by atoms with Crippen LogP contribution in [0.25, 0.3) is 0 Å². The maximum Gasteiger partial charge on any atom is 0.333 e. The van der Waals surface area contributed by atoms with Crippen molar-refractivity contribution in [3.63, 3.8) is 0 Å². The van der Waals surface area contributed by atoms with Crippen LogP contribution in [0, 0.1) is 0 Å². The molecule has 0 aliphatic heterocycles. The van der Waals surface area contributed by atoms with Gasteiger partial charge in [-0.2, -0.15) is 0 Å². The molecule has 0 unspecified atom stereocenters. The third-order valence-corrected chi connectivity index (χ3v) is 9.81. The van der Waals surface area contributed by atoms with Crippen LogP contribution in [0.4, 0.5) is 11.4 Å². The van der Waals surface area contributed by atoms with Gasteiger partial charge in [-0.05, 0) is 98.8 Å². The highest BCUT2D eigenvalue weighted by molar-refractivity contribution is 7.91. The van der Waals surface area contributed by atoms with Gasteiger partial charge in [-0.25, -0.2) is 18.0 Å². The molecule has 59 heavy (non-hydrogen) atoms. The topological polar surface area (TPSA) is 198 Å². The molecule has 0 spiro atoms. The number of hydrogen-bond acceptors (Lipinski definition) is 12. The minimum Gasteiger partial charge on any atom is -0.462 e. The van der Waals surface area contributed by atoms with Crippen LogP contribution in [0.1, 0.15) is 26.7 Å². The van der Waals surface area contributed by atoms with Crippen molar-refractivity contribution in [2.75, 3.05) is 23.8 Å². The number of allylic oxidation sites excluding steroid dienone is 2.